The fourth-order valence-corrected chi connectivity index (χ4v) is 4.25. The summed E-state index contributed by atoms with van der Waals surface area (Å²) in [6.07, 6.45) is 2.34. The molecule has 0 unspecified atom stereocenters. The predicted octanol–water partition coefficient (Wildman–Crippen LogP) is 6.31. The first-order valence-corrected chi connectivity index (χ1v) is 11.0. The van der Waals surface area contributed by atoms with Gasteiger partial charge in [0.15, 0.2) is 0 Å². The number of hydrogen-bond donors (Lipinski definition) is 1. The van der Waals surface area contributed by atoms with E-state index in [1.807, 2.05) is 62.4 Å². The minimum Gasteiger partial charge on any atom is -0.481 e. The van der Waals surface area contributed by atoms with Crippen molar-refractivity contribution in [2.75, 3.05) is 6.61 Å². The van der Waals surface area contributed by atoms with Gasteiger partial charge in [-0.3, -0.25) is 9.59 Å². The molecule has 30 heavy (non-hydrogen) atoms. The van der Waals surface area contributed by atoms with Gasteiger partial charge in [0.05, 0.1) is 17.9 Å². The molecular formula is C24H26Cl2O4. The lowest BCUT2D eigenvalue weighted by molar-refractivity contribution is -0.145. The van der Waals surface area contributed by atoms with Gasteiger partial charge in [-0.15, -0.1) is 0 Å². The second kappa shape index (κ2) is 9.40. The Morgan fingerprint density at radius 1 is 1.00 bits per heavy atom. The molecule has 160 valence electrons. The van der Waals surface area contributed by atoms with E-state index in [9.17, 15) is 9.59 Å². The van der Waals surface area contributed by atoms with Crippen molar-refractivity contribution in [2.24, 2.45) is 11.3 Å². The number of esters is 1. The smallest absolute Gasteiger partial charge is 0.310 e. The first kappa shape index (κ1) is 22.6. The Morgan fingerprint density at radius 3 is 1.97 bits per heavy atom. The van der Waals surface area contributed by atoms with Gasteiger partial charge in [-0.2, -0.15) is 0 Å². The zero-order valence-electron chi connectivity index (χ0n) is 17.1. The number of carbonyl (C=O) groups is 2. The van der Waals surface area contributed by atoms with E-state index >= 15 is 0 Å². The molecule has 0 amide bonds. The van der Waals surface area contributed by atoms with Gasteiger partial charge in [0.1, 0.15) is 0 Å². The topological polar surface area (TPSA) is 63.6 Å². The van der Waals surface area contributed by atoms with Crippen LogP contribution in [0.4, 0.5) is 0 Å². The van der Waals surface area contributed by atoms with Crippen molar-refractivity contribution in [3.05, 3.63) is 69.7 Å². The highest BCUT2D eigenvalue weighted by atomic mass is 35.5. The zero-order valence-corrected chi connectivity index (χ0v) is 18.6. The predicted molar refractivity (Wildman–Crippen MR) is 118 cm³/mol. The van der Waals surface area contributed by atoms with Crippen LogP contribution in [0.25, 0.3) is 0 Å². The van der Waals surface area contributed by atoms with Crippen LogP contribution >= 0.6 is 23.2 Å². The van der Waals surface area contributed by atoms with Gasteiger partial charge in [0.2, 0.25) is 0 Å². The Kier molecular flexibility index (Phi) is 7.10. The van der Waals surface area contributed by atoms with Crippen molar-refractivity contribution >= 4 is 35.1 Å². The average Bonchev–Trinajstić information content (AvgIpc) is 3.63. The van der Waals surface area contributed by atoms with E-state index in [-0.39, 0.29) is 17.8 Å². The Labute approximate surface area is 187 Å². The maximum Gasteiger partial charge on any atom is 0.310 e. The molecule has 2 fully saturated rings. The summed E-state index contributed by atoms with van der Waals surface area (Å²) < 4.78 is 4.98. The molecule has 2 aromatic rings. The molecule has 0 aromatic heterocycles. The highest BCUT2D eigenvalue weighted by molar-refractivity contribution is 6.30. The van der Waals surface area contributed by atoms with Gasteiger partial charge in [0, 0.05) is 16.0 Å². The normalized spacial score (nSPS) is 26.2. The molecule has 4 nitrogen and oxygen atoms in total. The van der Waals surface area contributed by atoms with Crippen LogP contribution < -0.4 is 0 Å². The third kappa shape index (κ3) is 4.98. The number of carbonyl (C=O) groups excluding carboxylic acids is 1. The minimum absolute atomic E-state index is 0.0612. The molecule has 0 heterocycles. The van der Waals surface area contributed by atoms with Crippen LogP contribution in [0.1, 0.15) is 56.1 Å². The maximum absolute atomic E-state index is 11.4. The quantitative estimate of drug-likeness (QED) is 0.525. The Balaban J connectivity index is 0.000000171. The van der Waals surface area contributed by atoms with Crippen LogP contribution in [0.15, 0.2) is 48.5 Å². The molecule has 1 N–H and O–H groups in total. The number of carboxylic acids is 1. The average molecular weight is 449 g/mol. The van der Waals surface area contributed by atoms with E-state index in [0.29, 0.717) is 24.0 Å². The first-order valence-electron chi connectivity index (χ1n) is 10.2. The lowest BCUT2D eigenvalue weighted by Crippen LogP contribution is -2.15. The molecular weight excluding hydrogens is 423 g/mol. The number of halogens is 2. The summed E-state index contributed by atoms with van der Waals surface area (Å²) in [4.78, 5) is 22.5. The first-order chi connectivity index (χ1) is 14.3. The van der Waals surface area contributed by atoms with E-state index in [2.05, 4.69) is 0 Å². The number of benzene rings is 2. The molecule has 4 rings (SSSR count). The molecule has 2 aliphatic carbocycles. The fourth-order valence-electron chi connectivity index (χ4n) is 4.00. The van der Waals surface area contributed by atoms with Gasteiger partial charge in [-0.05, 0) is 67.5 Å². The van der Waals surface area contributed by atoms with Gasteiger partial charge >= 0.3 is 11.9 Å². The van der Waals surface area contributed by atoms with Gasteiger partial charge in [-0.1, -0.05) is 54.4 Å². The summed E-state index contributed by atoms with van der Waals surface area (Å²) in [5, 5.41) is 10.6. The SMILES string of the molecule is CCOC(=O)[C@@H]1C[C@H]1c1ccc(Cl)cc1.CC[C@@]1(C(=O)O)C[C@@H]1c1ccc(Cl)cc1. The van der Waals surface area contributed by atoms with Crippen LogP contribution in [0, 0.1) is 11.3 Å². The number of aliphatic carboxylic acids is 1. The Hall–Kier alpha value is -2.04. The largest absolute Gasteiger partial charge is 0.481 e. The van der Waals surface area contributed by atoms with Crippen LogP contribution in [0.3, 0.4) is 0 Å². The van der Waals surface area contributed by atoms with Crippen LogP contribution in [0.2, 0.25) is 10.0 Å². The van der Waals surface area contributed by atoms with Gasteiger partial charge in [-0.25, -0.2) is 0 Å². The second-order valence-electron chi connectivity index (χ2n) is 7.88. The summed E-state index contributed by atoms with van der Waals surface area (Å²) in [5.41, 5.74) is 1.74. The monoisotopic (exact) mass is 448 g/mol. The number of ether oxygens (including phenoxy) is 1. The third-order valence-corrected chi connectivity index (χ3v) is 6.59. The van der Waals surface area contributed by atoms with E-state index in [1.165, 1.54) is 5.56 Å². The van der Waals surface area contributed by atoms with E-state index in [0.717, 1.165) is 23.4 Å². The van der Waals surface area contributed by atoms with Crippen molar-refractivity contribution in [3.8, 4) is 0 Å². The summed E-state index contributed by atoms with van der Waals surface area (Å²) in [5.74, 6) is -0.188. The number of hydrogen-bond acceptors (Lipinski definition) is 3. The fraction of sp³-hybridized carbons (Fsp3) is 0.417. The van der Waals surface area contributed by atoms with Gasteiger partial charge in [0.25, 0.3) is 0 Å². The van der Waals surface area contributed by atoms with Crippen molar-refractivity contribution in [1.82, 2.24) is 0 Å². The lowest BCUT2D eigenvalue weighted by Gasteiger charge is -2.08. The van der Waals surface area contributed by atoms with Crippen molar-refractivity contribution in [3.63, 3.8) is 0 Å². The van der Waals surface area contributed by atoms with Crippen molar-refractivity contribution in [1.29, 1.82) is 0 Å². The molecule has 0 bridgehead atoms. The number of rotatable bonds is 6. The molecule has 0 saturated heterocycles. The highest BCUT2D eigenvalue weighted by Crippen LogP contribution is 2.61. The summed E-state index contributed by atoms with van der Waals surface area (Å²) in [6.45, 7) is 4.23. The molecule has 2 saturated carbocycles. The molecule has 2 aromatic carbocycles. The van der Waals surface area contributed by atoms with E-state index in [1.54, 1.807) is 0 Å². The molecule has 0 spiro atoms. The second-order valence-corrected chi connectivity index (χ2v) is 8.75. The van der Waals surface area contributed by atoms with E-state index in [4.69, 9.17) is 33.0 Å². The molecule has 4 atom stereocenters. The summed E-state index contributed by atoms with van der Waals surface area (Å²) in [6, 6.07) is 15.2. The van der Waals surface area contributed by atoms with Gasteiger partial charge < -0.3 is 9.84 Å². The molecule has 6 heteroatoms. The van der Waals surface area contributed by atoms with Crippen molar-refractivity contribution < 1.29 is 19.4 Å². The van der Waals surface area contributed by atoms with Crippen molar-refractivity contribution in [2.45, 2.75) is 44.9 Å². The molecule has 0 aliphatic heterocycles. The van der Waals surface area contributed by atoms with Crippen LogP contribution in [0.5, 0.6) is 0 Å². The van der Waals surface area contributed by atoms with E-state index < -0.39 is 11.4 Å². The van der Waals surface area contributed by atoms with Crippen LogP contribution in [-0.4, -0.2) is 23.7 Å². The number of carboxylic acid groups (broad SMARTS) is 1. The maximum atomic E-state index is 11.4. The minimum atomic E-state index is -0.676. The Morgan fingerprint density at radius 2 is 1.53 bits per heavy atom. The standard InChI is InChI=1S/2C12H13ClO2/c1-2-12(11(14)15)7-10(12)8-3-5-9(13)6-4-8;1-2-15-12(14)11-7-10(11)8-3-5-9(13)6-4-8/h3-6,10H,2,7H2,1H3,(H,14,15);3-6,10-11H,2,7H2,1H3/t10-,12-;10-,11+/m10/s1. The molecule has 0 radical (unpaired) electrons. The Bertz CT molecular complexity index is 892. The summed E-state index contributed by atoms with van der Waals surface area (Å²) >= 11 is 11.6. The zero-order chi connectivity index (χ0) is 21.9. The third-order valence-electron chi connectivity index (χ3n) is 6.08. The highest BCUT2D eigenvalue weighted by Gasteiger charge is 2.59. The summed E-state index contributed by atoms with van der Waals surface area (Å²) in [7, 11) is 0. The van der Waals surface area contributed by atoms with Crippen LogP contribution in [-0.2, 0) is 14.3 Å². The lowest BCUT2D eigenvalue weighted by atomic mass is 9.96. The molecule has 2 aliphatic rings.